The second-order valence-electron chi connectivity index (χ2n) is 4.43. The lowest BCUT2D eigenvalue weighted by atomic mass is 10.2. The van der Waals surface area contributed by atoms with E-state index in [1.54, 1.807) is 0 Å². The molecule has 26 heavy (non-hydrogen) atoms. The molecule has 0 atom stereocenters. The first-order chi connectivity index (χ1) is 12.1. The molecule has 0 saturated heterocycles. The Morgan fingerprint density at radius 1 is 0.885 bits per heavy atom. The molecule has 12 heteroatoms. The highest BCUT2D eigenvalue weighted by atomic mass is 19.1. The molecule has 0 fully saturated rings. The first-order valence-electron chi connectivity index (χ1n) is 6.39. The summed E-state index contributed by atoms with van der Waals surface area (Å²) in [7, 11) is 0. The van der Waals surface area contributed by atoms with Crippen molar-refractivity contribution < 1.29 is 38.4 Å². The van der Waals surface area contributed by atoms with Gasteiger partial charge in [-0.2, -0.15) is 8.78 Å². The van der Waals surface area contributed by atoms with Crippen molar-refractivity contribution >= 4 is 23.3 Å². The number of halogens is 2. The Morgan fingerprint density at radius 3 is 1.73 bits per heavy atom. The largest absolute Gasteiger partial charge is 0.478 e. The van der Waals surface area contributed by atoms with Crippen LogP contribution in [0.25, 0.3) is 0 Å². The summed E-state index contributed by atoms with van der Waals surface area (Å²) in [4.78, 5) is 39.1. The quantitative estimate of drug-likeness (QED) is 0.613. The van der Waals surface area contributed by atoms with E-state index in [2.05, 4.69) is 0 Å². The van der Waals surface area contributed by atoms with Crippen molar-refractivity contribution in [2.75, 3.05) is 0 Å². The third-order valence-corrected chi connectivity index (χ3v) is 2.78. The SMILES string of the molecule is O=C(O)c1cc(F)c([N+](=O)[O-])c(F)c1.O=C(O)c1ccccc1[N+](=O)[O-]. The third-order valence-electron chi connectivity index (χ3n) is 2.78. The van der Waals surface area contributed by atoms with Gasteiger partial charge in [-0.25, -0.2) is 9.59 Å². The molecule has 0 unspecified atom stereocenters. The number of hydrogen-bond acceptors (Lipinski definition) is 6. The number of aromatic carboxylic acids is 2. The number of carboxylic acids is 2. The minimum absolute atomic E-state index is 0.289. The second kappa shape index (κ2) is 8.23. The molecule has 0 heterocycles. The molecule has 0 aliphatic rings. The number of nitro benzene ring substituents is 2. The summed E-state index contributed by atoms with van der Waals surface area (Å²) in [6, 6.07) is 6.00. The van der Waals surface area contributed by atoms with E-state index >= 15 is 0 Å². The van der Waals surface area contributed by atoms with Crippen LogP contribution in [-0.4, -0.2) is 32.0 Å². The molecule has 2 N–H and O–H groups in total. The molecule has 10 nitrogen and oxygen atoms in total. The van der Waals surface area contributed by atoms with E-state index < -0.39 is 44.7 Å². The Hall–Kier alpha value is -3.96. The summed E-state index contributed by atoms with van der Waals surface area (Å²) >= 11 is 0. The molecule has 0 saturated carbocycles. The van der Waals surface area contributed by atoms with Gasteiger partial charge in [0.25, 0.3) is 5.69 Å². The minimum Gasteiger partial charge on any atom is -0.478 e. The van der Waals surface area contributed by atoms with E-state index in [1.165, 1.54) is 18.2 Å². The van der Waals surface area contributed by atoms with Crippen LogP contribution < -0.4 is 0 Å². The van der Waals surface area contributed by atoms with Crippen molar-refractivity contribution in [3.8, 4) is 0 Å². The zero-order valence-corrected chi connectivity index (χ0v) is 12.5. The van der Waals surface area contributed by atoms with E-state index in [4.69, 9.17) is 10.2 Å². The standard InChI is InChI=1S/C7H3F2NO4.C7H5NO4/c8-4-1-3(7(11)12)2-5(9)6(4)10(13)14;9-7(10)5-3-1-2-4-6(5)8(11)12/h1-2H,(H,11,12);1-4H,(H,9,10). The van der Waals surface area contributed by atoms with Gasteiger partial charge in [0.15, 0.2) is 0 Å². The normalized spacial score (nSPS) is 9.62. The van der Waals surface area contributed by atoms with Crippen LogP contribution in [0.4, 0.5) is 20.2 Å². The molecule has 0 radical (unpaired) electrons. The monoisotopic (exact) mass is 370 g/mol. The fraction of sp³-hybridized carbons (Fsp3) is 0. The lowest BCUT2D eigenvalue weighted by Crippen LogP contribution is -2.02. The van der Waals surface area contributed by atoms with Crippen molar-refractivity contribution in [3.63, 3.8) is 0 Å². The van der Waals surface area contributed by atoms with Crippen LogP contribution in [0, 0.1) is 31.9 Å². The molecule has 0 aliphatic carbocycles. The Morgan fingerprint density at radius 2 is 1.38 bits per heavy atom. The number of nitrogens with zero attached hydrogens (tertiary/aromatic N) is 2. The number of para-hydroxylation sites is 1. The molecular weight excluding hydrogens is 362 g/mol. The van der Waals surface area contributed by atoms with Crippen LogP contribution in [-0.2, 0) is 0 Å². The molecule has 136 valence electrons. The van der Waals surface area contributed by atoms with Gasteiger partial charge in [-0.15, -0.1) is 0 Å². The van der Waals surface area contributed by atoms with Crippen molar-refractivity contribution in [2.45, 2.75) is 0 Å². The Labute approximate surface area is 142 Å². The first kappa shape index (κ1) is 20.1. The lowest BCUT2D eigenvalue weighted by molar-refractivity contribution is -0.390. The van der Waals surface area contributed by atoms with Gasteiger partial charge in [0.1, 0.15) is 5.56 Å². The molecule has 0 bridgehead atoms. The topological polar surface area (TPSA) is 161 Å². The summed E-state index contributed by atoms with van der Waals surface area (Å²) in [5.74, 6) is -5.86. The predicted molar refractivity (Wildman–Crippen MR) is 80.0 cm³/mol. The van der Waals surface area contributed by atoms with Gasteiger partial charge in [0.05, 0.1) is 15.4 Å². The zero-order valence-electron chi connectivity index (χ0n) is 12.5. The summed E-state index contributed by atoms with van der Waals surface area (Å²) in [6.07, 6.45) is 0. The molecule has 0 aromatic heterocycles. The van der Waals surface area contributed by atoms with Crippen molar-refractivity contribution in [1.29, 1.82) is 0 Å². The highest BCUT2D eigenvalue weighted by Crippen LogP contribution is 2.22. The Balaban J connectivity index is 0.000000263. The first-order valence-corrected chi connectivity index (χ1v) is 6.39. The number of nitro groups is 2. The molecule has 2 aromatic carbocycles. The second-order valence-corrected chi connectivity index (χ2v) is 4.43. The van der Waals surface area contributed by atoms with Gasteiger partial charge in [-0.05, 0) is 18.2 Å². The maximum Gasteiger partial charge on any atom is 0.342 e. The number of carbonyl (C=O) groups is 2. The van der Waals surface area contributed by atoms with E-state index in [1.807, 2.05) is 0 Å². The molecule has 2 rings (SSSR count). The fourth-order valence-corrected chi connectivity index (χ4v) is 1.68. The van der Waals surface area contributed by atoms with Crippen LogP contribution in [0.2, 0.25) is 0 Å². The lowest BCUT2D eigenvalue weighted by Gasteiger charge is -1.97. The summed E-state index contributed by atoms with van der Waals surface area (Å²) in [5.41, 5.74) is -2.70. The third kappa shape index (κ3) is 4.77. The average Bonchev–Trinajstić information content (AvgIpc) is 2.54. The van der Waals surface area contributed by atoms with Crippen LogP contribution in [0.3, 0.4) is 0 Å². The number of hydrogen-bond donors (Lipinski definition) is 2. The van der Waals surface area contributed by atoms with Gasteiger partial charge in [0.2, 0.25) is 11.6 Å². The highest BCUT2D eigenvalue weighted by molar-refractivity contribution is 5.92. The maximum absolute atomic E-state index is 12.8. The van der Waals surface area contributed by atoms with Crippen LogP contribution >= 0.6 is 0 Å². The van der Waals surface area contributed by atoms with Gasteiger partial charge in [0, 0.05) is 6.07 Å². The Bertz CT molecular complexity index is 844. The summed E-state index contributed by atoms with van der Waals surface area (Å²) < 4.78 is 25.6. The van der Waals surface area contributed by atoms with E-state index in [9.17, 15) is 38.6 Å². The van der Waals surface area contributed by atoms with E-state index in [0.717, 1.165) is 6.07 Å². The van der Waals surface area contributed by atoms with Crippen LogP contribution in [0.5, 0.6) is 0 Å². The van der Waals surface area contributed by atoms with Gasteiger partial charge in [-0.3, -0.25) is 20.2 Å². The smallest absolute Gasteiger partial charge is 0.342 e. The van der Waals surface area contributed by atoms with Crippen LogP contribution in [0.1, 0.15) is 20.7 Å². The van der Waals surface area contributed by atoms with E-state index in [-0.39, 0.29) is 11.3 Å². The van der Waals surface area contributed by atoms with Gasteiger partial charge < -0.3 is 10.2 Å². The molecule has 0 aliphatic heterocycles. The zero-order chi connectivity index (χ0) is 20.0. The number of benzene rings is 2. The number of carboxylic acid groups (broad SMARTS) is 2. The van der Waals surface area contributed by atoms with Gasteiger partial charge >= 0.3 is 17.6 Å². The molecular formula is C14H8F2N2O8. The van der Waals surface area contributed by atoms with E-state index in [0.29, 0.717) is 12.1 Å². The predicted octanol–water partition coefficient (Wildman–Crippen LogP) is 2.86. The molecule has 0 amide bonds. The average molecular weight is 370 g/mol. The fourth-order valence-electron chi connectivity index (χ4n) is 1.68. The maximum atomic E-state index is 12.8. The molecule has 0 spiro atoms. The Kier molecular flexibility index (Phi) is 6.36. The highest BCUT2D eigenvalue weighted by Gasteiger charge is 2.23. The molecule has 2 aromatic rings. The van der Waals surface area contributed by atoms with Crippen molar-refractivity contribution in [2.24, 2.45) is 0 Å². The summed E-state index contributed by atoms with van der Waals surface area (Å²) in [6.45, 7) is 0. The van der Waals surface area contributed by atoms with Gasteiger partial charge in [-0.1, -0.05) is 12.1 Å². The van der Waals surface area contributed by atoms with Crippen molar-refractivity contribution in [3.05, 3.63) is 79.4 Å². The summed E-state index contributed by atoms with van der Waals surface area (Å²) in [5, 5.41) is 37.2. The van der Waals surface area contributed by atoms with Crippen molar-refractivity contribution in [1.82, 2.24) is 0 Å². The number of rotatable bonds is 4. The van der Waals surface area contributed by atoms with Crippen LogP contribution in [0.15, 0.2) is 36.4 Å². The minimum atomic E-state index is -1.56.